The first kappa shape index (κ1) is 20.6. The van der Waals surface area contributed by atoms with Gasteiger partial charge in [-0.2, -0.15) is 0 Å². The Bertz CT molecular complexity index is 1010. The maximum absolute atomic E-state index is 13.2. The summed E-state index contributed by atoms with van der Waals surface area (Å²) in [5.41, 5.74) is 1.03. The molecule has 0 bridgehead atoms. The zero-order valence-electron chi connectivity index (χ0n) is 17.8. The van der Waals surface area contributed by atoms with Crippen LogP contribution >= 0.6 is 0 Å². The van der Waals surface area contributed by atoms with Gasteiger partial charge in [0.25, 0.3) is 11.5 Å². The second-order valence-corrected chi connectivity index (χ2v) is 8.47. The molecule has 0 aliphatic carbocycles. The Morgan fingerprint density at radius 1 is 1.03 bits per heavy atom. The van der Waals surface area contributed by atoms with E-state index in [0.717, 1.165) is 30.3 Å². The molecule has 7 nitrogen and oxygen atoms in total. The molecule has 0 N–H and O–H groups in total. The molecular weight excluding hydrogens is 380 g/mol. The molecule has 160 valence electrons. The highest BCUT2D eigenvalue weighted by atomic mass is 16.2. The van der Waals surface area contributed by atoms with Crippen molar-refractivity contribution in [3.63, 3.8) is 0 Å². The summed E-state index contributed by atoms with van der Waals surface area (Å²) >= 11 is 0. The van der Waals surface area contributed by atoms with Gasteiger partial charge in [0.2, 0.25) is 5.91 Å². The normalized spacial score (nSPS) is 20.5. The lowest BCUT2D eigenvalue weighted by molar-refractivity contribution is -0.136. The van der Waals surface area contributed by atoms with Crippen LogP contribution in [0.25, 0.3) is 10.9 Å². The van der Waals surface area contributed by atoms with Crippen LogP contribution in [0.2, 0.25) is 0 Å². The highest BCUT2D eigenvalue weighted by Crippen LogP contribution is 2.20. The average Bonchev–Trinajstić information content (AvgIpc) is 2.76. The first-order valence-corrected chi connectivity index (χ1v) is 10.9. The number of fused-ring (bicyclic) bond motifs is 1. The number of para-hydroxylation sites is 1. The van der Waals surface area contributed by atoms with Gasteiger partial charge in [-0.3, -0.25) is 19.3 Å². The zero-order valence-corrected chi connectivity index (χ0v) is 17.8. The number of carbonyl (C=O) groups is 2. The Balaban J connectivity index is 1.42. The Hall–Kier alpha value is -2.67. The van der Waals surface area contributed by atoms with Crippen molar-refractivity contribution in [1.82, 2.24) is 19.3 Å². The van der Waals surface area contributed by atoms with Crippen molar-refractivity contribution in [2.24, 2.45) is 7.05 Å². The van der Waals surface area contributed by atoms with E-state index >= 15 is 0 Å². The highest BCUT2D eigenvalue weighted by Gasteiger charge is 2.28. The SMILES string of the molecule is CC1CCCCN1C(=O)CN1CCN(C(=O)c2cc(=O)n(C)c3ccccc23)CC1. The third-order valence-corrected chi connectivity index (χ3v) is 6.53. The van der Waals surface area contributed by atoms with Crippen LogP contribution in [0.1, 0.15) is 36.5 Å². The number of aromatic nitrogens is 1. The van der Waals surface area contributed by atoms with Crippen molar-refractivity contribution >= 4 is 22.7 Å². The number of rotatable bonds is 3. The summed E-state index contributed by atoms with van der Waals surface area (Å²) < 4.78 is 1.57. The summed E-state index contributed by atoms with van der Waals surface area (Å²) in [5, 5.41) is 0.793. The largest absolute Gasteiger partial charge is 0.339 e. The Labute approximate surface area is 176 Å². The number of piperazine rings is 1. The molecule has 2 fully saturated rings. The number of pyridine rings is 1. The van der Waals surface area contributed by atoms with Crippen LogP contribution in [0.5, 0.6) is 0 Å². The lowest BCUT2D eigenvalue weighted by Crippen LogP contribution is -2.53. The summed E-state index contributed by atoms with van der Waals surface area (Å²) in [6.45, 7) is 5.86. The number of piperidine rings is 1. The molecule has 2 saturated heterocycles. The number of carbonyl (C=O) groups excluding carboxylic acids is 2. The minimum atomic E-state index is -0.183. The van der Waals surface area contributed by atoms with Crippen molar-refractivity contribution in [3.05, 3.63) is 46.2 Å². The van der Waals surface area contributed by atoms with Gasteiger partial charge in [-0.1, -0.05) is 18.2 Å². The van der Waals surface area contributed by atoms with Gasteiger partial charge in [-0.25, -0.2) is 0 Å². The topological polar surface area (TPSA) is 65.9 Å². The van der Waals surface area contributed by atoms with E-state index < -0.39 is 0 Å². The van der Waals surface area contributed by atoms with E-state index in [0.29, 0.717) is 44.3 Å². The predicted octanol–water partition coefficient (Wildman–Crippen LogP) is 1.70. The minimum absolute atomic E-state index is 0.112. The summed E-state index contributed by atoms with van der Waals surface area (Å²) in [6, 6.07) is 9.26. The maximum Gasteiger partial charge on any atom is 0.254 e. The van der Waals surface area contributed by atoms with Gasteiger partial charge in [0, 0.05) is 57.3 Å². The fourth-order valence-electron chi connectivity index (χ4n) is 4.62. The number of aryl methyl sites for hydroxylation is 1. The van der Waals surface area contributed by atoms with E-state index in [4.69, 9.17) is 0 Å². The summed E-state index contributed by atoms with van der Waals surface area (Å²) in [6.07, 6.45) is 3.37. The summed E-state index contributed by atoms with van der Waals surface area (Å²) in [5.74, 6) is 0.0825. The second-order valence-electron chi connectivity index (χ2n) is 8.47. The Kier molecular flexibility index (Phi) is 5.90. The Morgan fingerprint density at radius 2 is 1.77 bits per heavy atom. The van der Waals surface area contributed by atoms with Crippen LogP contribution in [-0.4, -0.2) is 76.4 Å². The summed E-state index contributed by atoms with van der Waals surface area (Å²) in [7, 11) is 1.72. The number of likely N-dealkylation sites (tertiary alicyclic amines) is 1. The average molecular weight is 411 g/mol. The molecule has 3 heterocycles. The number of nitrogens with zero attached hydrogens (tertiary/aromatic N) is 4. The Morgan fingerprint density at radius 3 is 2.50 bits per heavy atom. The molecule has 0 saturated carbocycles. The van der Waals surface area contributed by atoms with Gasteiger partial charge >= 0.3 is 0 Å². The van der Waals surface area contributed by atoms with E-state index in [2.05, 4.69) is 11.8 Å². The van der Waals surface area contributed by atoms with Crippen molar-refractivity contribution < 1.29 is 9.59 Å². The van der Waals surface area contributed by atoms with Crippen molar-refractivity contribution in [2.45, 2.75) is 32.2 Å². The fraction of sp³-hybridized carbons (Fsp3) is 0.522. The molecule has 1 atom stereocenters. The van der Waals surface area contributed by atoms with E-state index in [-0.39, 0.29) is 17.4 Å². The van der Waals surface area contributed by atoms with Crippen LogP contribution in [0.15, 0.2) is 35.1 Å². The van der Waals surface area contributed by atoms with Crippen molar-refractivity contribution in [2.75, 3.05) is 39.3 Å². The third-order valence-electron chi connectivity index (χ3n) is 6.53. The number of amides is 2. The molecule has 30 heavy (non-hydrogen) atoms. The van der Waals surface area contributed by atoms with E-state index in [1.165, 1.54) is 12.5 Å². The molecule has 1 aromatic carbocycles. The van der Waals surface area contributed by atoms with Crippen LogP contribution < -0.4 is 5.56 Å². The van der Waals surface area contributed by atoms with Crippen molar-refractivity contribution in [3.8, 4) is 0 Å². The van der Waals surface area contributed by atoms with Gasteiger partial charge in [0.1, 0.15) is 0 Å². The van der Waals surface area contributed by atoms with Crippen LogP contribution in [0.4, 0.5) is 0 Å². The van der Waals surface area contributed by atoms with Gasteiger partial charge in [0.05, 0.1) is 17.6 Å². The standard InChI is InChI=1S/C23H30N4O3/c1-17-7-5-6-10-27(17)22(29)16-25-11-13-26(14-12-25)23(30)19-15-21(28)24(2)20-9-4-3-8-18(19)20/h3-4,8-9,15,17H,5-7,10-14,16H2,1-2H3. The third kappa shape index (κ3) is 3.99. The minimum Gasteiger partial charge on any atom is -0.339 e. The first-order valence-electron chi connectivity index (χ1n) is 10.9. The van der Waals surface area contributed by atoms with Crippen LogP contribution in [0, 0.1) is 0 Å². The smallest absolute Gasteiger partial charge is 0.254 e. The molecule has 7 heteroatoms. The first-order chi connectivity index (χ1) is 14.5. The van der Waals surface area contributed by atoms with Gasteiger partial charge in [-0.05, 0) is 32.3 Å². The molecule has 1 aromatic heterocycles. The predicted molar refractivity (Wildman–Crippen MR) is 117 cm³/mol. The lowest BCUT2D eigenvalue weighted by atomic mass is 10.0. The molecular formula is C23H30N4O3. The molecule has 2 amide bonds. The number of hydrogen-bond donors (Lipinski definition) is 0. The monoisotopic (exact) mass is 410 g/mol. The summed E-state index contributed by atoms with van der Waals surface area (Å²) in [4.78, 5) is 44.1. The molecule has 4 rings (SSSR count). The molecule has 1 unspecified atom stereocenters. The lowest BCUT2D eigenvalue weighted by Gasteiger charge is -2.38. The fourth-order valence-corrected chi connectivity index (χ4v) is 4.62. The van der Waals surface area contributed by atoms with E-state index in [1.54, 1.807) is 16.5 Å². The molecule has 0 spiro atoms. The van der Waals surface area contributed by atoms with E-state index in [1.807, 2.05) is 29.2 Å². The number of benzene rings is 1. The zero-order chi connectivity index (χ0) is 21.3. The quantitative estimate of drug-likeness (QED) is 0.773. The van der Waals surface area contributed by atoms with Gasteiger partial charge < -0.3 is 14.4 Å². The molecule has 2 aliphatic heterocycles. The molecule has 0 radical (unpaired) electrons. The van der Waals surface area contributed by atoms with Gasteiger partial charge in [-0.15, -0.1) is 0 Å². The molecule has 2 aliphatic rings. The van der Waals surface area contributed by atoms with Crippen LogP contribution in [-0.2, 0) is 11.8 Å². The number of hydrogen-bond acceptors (Lipinski definition) is 4. The second kappa shape index (κ2) is 8.60. The molecule has 2 aromatic rings. The van der Waals surface area contributed by atoms with Crippen molar-refractivity contribution in [1.29, 1.82) is 0 Å². The van der Waals surface area contributed by atoms with E-state index in [9.17, 15) is 14.4 Å². The van der Waals surface area contributed by atoms with Gasteiger partial charge in [0.15, 0.2) is 0 Å². The maximum atomic E-state index is 13.2. The van der Waals surface area contributed by atoms with Crippen LogP contribution in [0.3, 0.4) is 0 Å². The highest BCUT2D eigenvalue weighted by molar-refractivity contribution is 6.06.